The molecule has 0 aliphatic heterocycles. The lowest BCUT2D eigenvalue weighted by atomic mass is 9.94. The standard InChI is InChI=1S/C42H27ClN6/c43-35-27-15-26-33(36(35)42-48-39(30-20-9-3-10-21-30)45-40(49-42)31-22-11-4-12-23-31)32-24-13-14-25-34(32)41-46-37(28-16-5-1-6-17-28)44-38(47-41)29-18-7-2-8-19-29/h1-27H. The van der Waals surface area contributed by atoms with Crippen LogP contribution in [0, 0.1) is 0 Å². The predicted octanol–water partition coefficient (Wildman–Crippen LogP) is 10.4. The van der Waals surface area contributed by atoms with Crippen LogP contribution in [0.15, 0.2) is 164 Å². The second-order valence-corrected chi connectivity index (χ2v) is 11.7. The Labute approximate surface area is 288 Å². The molecule has 0 spiro atoms. The Hall–Kier alpha value is -6.37. The van der Waals surface area contributed by atoms with Crippen molar-refractivity contribution >= 4 is 11.6 Å². The van der Waals surface area contributed by atoms with E-state index in [4.69, 9.17) is 41.5 Å². The van der Waals surface area contributed by atoms with Crippen molar-refractivity contribution < 1.29 is 0 Å². The van der Waals surface area contributed by atoms with Gasteiger partial charge in [0.2, 0.25) is 0 Å². The summed E-state index contributed by atoms with van der Waals surface area (Å²) in [6.45, 7) is 0. The van der Waals surface area contributed by atoms with Gasteiger partial charge < -0.3 is 0 Å². The van der Waals surface area contributed by atoms with Gasteiger partial charge in [-0.2, -0.15) is 0 Å². The Morgan fingerprint density at radius 1 is 0.265 bits per heavy atom. The molecule has 0 unspecified atom stereocenters. The SMILES string of the molecule is Clc1cccc(-c2ccccc2-c2nc(-c3ccccc3)nc(-c3ccccc3)n2)c1-c1nc(-c2ccccc2)nc(-c2ccccc2)n1. The molecule has 0 aliphatic rings. The fourth-order valence-corrected chi connectivity index (χ4v) is 6.00. The third-order valence-electron chi connectivity index (χ3n) is 8.09. The minimum absolute atomic E-state index is 0.466. The van der Waals surface area contributed by atoms with Gasteiger partial charge in [0.15, 0.2) is 34.9 Å². The van der Waals surface area contributed by atoms with E-state index in [9.17, 15) is 0 Å². The van der Waals surface area contributed by atoms with E-state index in [0.29, 0.717) is 45.5 Å². The predicted molar refractivity (Wildman–Crippen MR) is 196 cm³/mol. The first-order chi connectivity index (χ1) is 24.2. The van der Waals surface area contributed by atoms with Crippen molar-refractivity contribution in [3.05, 3.63) is 169 Å². The zero-order valence-electron chi connectivity index (χ0n) is 26.1. The van der Waals surface area contributed by atoms with Crippen LogP contribution in [0.25, 0.3) is 79.5 Å². The fraction of sp³-hybridized carbons (Fsp3) is 0. The van der Waals surface area contributed by atoms with Crippen LogP contribution < -0.4 is 0 Å². The summed E-state index contributed by atoms with van der Waals surface area (Å²) in [5.41, 5.74) is 6.79. The van der Waals surface area contributed by atoms with E-state index in [-0.39, 0.29) is 0 Å². The Balaban J connectivity index is 1.34. The Morgan fingerprint density at radius 2 is 0.592 bits per heavy atom. The van der Waals surface area contributed by atoms with Crippen LogP contribution in [-0.4, -0.2) is 29.9 Å². The van der Waals surface area contributed by atoms with Gasteiger partial charge in [-0.15, -0.1) is 0 Å². The average Bonchev–Trinajstić information content (AvgIpc) is 3.19. The van der Waals surface area contributed by atoms with Crippen LogP contribution >= 0.6 is 11.6 Å². The zero-order valence-corrected chi connectivity index (χ0v) is 26.9. The Bertz CT molecular complexity index is 2270. The van der Waals surface area contributed by atoms with Crippen LogP contribution in [0.5, 0.6) is 0 Å². The molecule has 2 heterocycles. The molecule has 0 saturated carbocycles. The van der Waals surface area contributed by atoms with Gasteiger partial charge >= 0.3 is 0 Å². The topological polar surface area (TPSA) is 77.3 Å². The summed E-state index contributed by atoms with van der Waals surface area (Å²) < 4.78 is 0. The van der Waals surface area contributed by atoms with Crippen LogP contribution in [0.2, 0.25) is 5.02 Å². The molecule has 0 radical (unpaired) electrons. The minimum Gasteiger partial charge on any atom is -0.208 e. The van der Waals surface area contributed by atoms with Gasteiger partial charge in [-0.25, -0.2) is 29.9 Å². The largest absolute Gasteiger partial charge is 0.208 e. The number of nitrogens with zero attached hydrogens (tertiary/aromatic N) is 6. The van der Waals surface area contributed by atoms with Gasteiger partial charge in [0, 0.05) is 33.4 Å². The summed E-state index contributed by atoms with van der Waals surface area (Å²) in [7, 11) is 0. The maximum Gasteiger partial charge on any atom is 0.166 e. The molecule has 0 saturated heterocycles. The highest BCUT2D eigenvalue weighted by atomic mass is 35.5. The van der Waals surface area contributed by atoms with Crippen LogP contribution in [0.4, 0.5) is 0 Å². The highest BCUT2D eigenvalue weighted by Gasteiger charge is 2.22. The third kappa shape index (κ3) is 6.21. The van der Waals surface area contributed by atoms with Gasteiger partial charge in [-0.3, -0.25) is 0 Å². The summed E-state index contributed by atoms with van der Waals surface area (Å²) in [5.74, 6) is 3.29. The Morgan fingerprint density at radius 3 is 1.02 bits per heavy atom. The van der Waals surface area contributed by atoms with Crippen molar-refractivity contribution in [1.29, 1.82) is 0 Å². The second kappa shape index (κ2) is 13.4. The van der Waals surface area contributed by atoms with Gasteiger partial charge in [0.25, 0.3) is 0 Å². The van der Waals surface area contributed by atoms with Crippen molar-refractivity contribution in [2.24, 2.45) is 0 Å². The highest BCUT2D eigenvalue weighted by Crippen LogP contribution is 2.41. The summed E-state index contributed by atoms with van der Waals surface area (Å²) in [6.07, 6.45) is 0. The van der Waals surface area contributed by atoms with Crippen molar-refractivity contribution in [3.63, 3.8) is 0 Å². The first-order valence-electron chi connectivity index (χ1n) is 15.8. The summed E-state index contributed by atoms with van der Waals surface area (Å²) >= 11 is 7.08. The van der Waals surface area contributed by atoms with Gasteiger partial charge in [0.05, 0.1) is 5.02 Å². The highest BCUT2D eigenvalue weighted by molar-refractivity contribution is 6.34. The maximum atomic E-state index is 7.08. The van der Waals surface area contributed by atoms with Gasteiger partial charge in [-0.05, 0) is 17.2 Å². The lowest BCUT2D eigenvalue weighted by molar-refractivity contribution is 1.07. The summed E-state index contributed by atoms with van der Waals surface area (Å²) in [4.78, 5) is 29.8. The molecule has 8 rings (SSSR count). The maximum absolute atomic E-state index is 7.08. The molecule has 0 bridgehead atoms. The summed E-state index contributed by atoms with van der Waals surface area (Å²) in [5, 5.41) is 0.516. The molecule has 2 aromatic heterocycles. The number of aromatic nitrogens is 6. The summed E-state index contributed by atoms with van der Waals surface area (Å²) in [6, 6.07) is 53.6. The molecule has 6 aromatic carbocycles. The zero-order chi connectivity index (χ0) is 33.0. The van der Waals surface area contributed by atoms with Crippen molar-refractivity contribution in [2.75, 3.05) is 0 Å². The molecular weight excluding hydrogens is 624 g/mol. The van der Waals surface area contributed by atoms with E-state index in [2.05, 4.69) is 6.07 Å². The van der Waals surface area contributed by atoms with Crippen molar-refractivity contribution in [2.45, 2.75) is 0 Å². The van der Waals surface area contributed by atoms with Gasteiger partial charge in [-0.1, -0.05) is 169 Å². The van der Waals surface area contributed by atoms with Crippen LogP contribution in [0.3, 0.4) is 0 Å². The number of halogens is 1. The first-order valence-corrected chi connectivity index (χ1v) is 16.2. The fourth-order valence-electron chi connectivity index (χ4n) is 5.74. The number of hydrogen-bond donors (Lipinski definition) is 0. The van der Waals surface area contributed by atoms with Gasteiger partial charge in [0.1, 0.15) is 0 Å². The molecule has 0 N–H and O–H groups in total. The molecule has 232 valence electrons. The van der Waals surface area contributed by atoms with E-state index in [1.165, 1.54) is 0 Å². The molecule has 49 heavy (non-hydrogen) atoms. The monoisotopic (exact) mass is 650 g/mol. The molecule has 0 fully saturated rings. The number of benzene rings is 6. The number of hydrogen-bond acceptors (Lipinski definition) is 6. The minimum atomic E-state index is 0.466. The molecular formula is C42H27ClN6. The molecule has 6 nitrogen and oxygen atoms in total. The van der Waals surface area contributed by atoms with Crippen LogP contribution in [0.1, 0.15) is 0 Å². The normalized spacial score (nSPS) is 11.0. The van der Waals surface area contributed by atoms with E-state index in [1.807, 2.05) is 158 Å². The van der Waals surface area contributed by atoms with Crippen molar-refractivity contribution in [1.82, 2.24) is 29.9 Å². The molecule has 0 atom stereocenters. The van der Waals surface area contributed by atoms with Crippen molar-refractivity contribution in [3.8, 4) is 79.5 Å². The molecule has 7 heteroatoms. The smallest absolute Gasteiger partial charge is 0.166 e. The lowest BCUT2D eigenvalue weighted by Gasteiger charge is -2.16. The molecule has 0 aliphatic carbocycles. The van der Waals surface area contributed by atoms with E-state index in [1.54, 1.807) is 0 Å². The second-order valence-electron chi connectivity index (χ2n) is 11.3. The third-order valence-corrected chi connectivity index (χ3v) is 8.41. The van der Waals surface area contributed by atoms with Crippen LogP contribution in [-0.2, 0) is 0 Å². The molecule has 8 aromatic rings. The lowest BCUT2D eigenvalue weighted by Crippen LogP contribution is -2.03. The van der Waals surface area contributed by atoms with E-state index < -0.39 is 0 Å². The van der Waals surface area contributed by atoms with E-state index >= 15 is 0 Å². The quantitative estimate of drug-likeness (QED) is 0.171. The Kier molecular flexibility index (Phi) is 8.20. The number of rotatable bonds is 7. The molecule has 0 amide bonds. The average molecular weight is 651 g/mol. The van der Waals surface area contributed by atoms with E-state index in [0.717, 1.165) is 38.9 Å². The first kappa shape index (κ1) is 30.0.